The molecule has 0 heterocycles. The first-order valence-electron chi connectivity index (χ1n) is 6.57. The molecule has 0 aromatic heterocycles. The maximum Gasteiger partial charge on any atom is 0.309 e. The Labute approximate surface area is 123 Å². The Morgan fingerprint density at radius 3 is 2.75 bits per heavy atom. The molecule has 0 bridgehead atoms. The van der Waals surface area contributed by atoms with Crippen molar-refractivity contribution < 1.29 is 19.1 Å². The fraction of sp³-hybridized carbons (Fsp3) is 0.467. The van der Waals surface area contributed by atoms with Gasteiger partial charge in [0.25, 0.3) is 0 Å². The molecule has 0 aliphatic heterocycles. The Morgan fingerprint density at radius 2 is 2.15 bits per heavy atom. The van der Waals surface area contributed by atoms with Gasteiger partial charge in [0.1, 0.15) is 5.75 Å². The van der Waals surface area contributed by atoms with Crippen molar-refractivity contribution in [3.05, 3.63) is 28.3 Å². The number of halogens is 1. The summed E-state index contributed by atoms with van der Waals surface area (Å²) in [6, 6.07) is 3.37. The number of fused-ring (bicyclic) bond motifs is 1. The van der Waals surface area contributed by atoms with Crippen LogP contribution in [-0.4, -0.2) is 25.5 Å². The largest absolute Gasteiger partial charge is 0.496 e. The van der Waals surface area contributed by atoms with E-state index in [1.165, 1.54) is 7.11 Å². The predicted molar refractivity (Wildman–Crippen MR) is 75.5 cm³/mol. The van der Waals surface area contributed by atoms with Crippen LogP contribution in [0.15, 0.2) is 12.1 Å². The molecule has 2 unspecified atom stereocenters. The van der Waals surface area contributed by atoms with Gasteiger partial charge in [0, 0.05) is 11.4 Å². The minimum atomic E-state index is -0.487. The van der Waals surface area contributed by atoms with Gasteiger partial charge in [-0.3, -0.25) is 9.59 Å². The van der Waals surface area contributed by atoms with Gasteiger partial charge >= 0.3 is 5.97 Å². The zero-order valence-corrected chi connectivity index (χ0v) is 12.5. The van der Waals surface area contributed by atoms with Crippen molar-refractivity contribution in [3.63, 3.8) is 0 Å². The van der Waals surface area contributed by atoms with Crippen molar-refractivity contribution in [2.75, 3.05) is 13.7 Å². The van der Waals surface area contributed by atoms with Gasteiger partial charge in [0.15, 0.2) is 5.78 Å². The number of methoxy groups -OCH3 is 1. The van der Waals surface area contributed by atoms with Crippen molar-refractivity contribution in [2.45, 2.75) is 26.2 Å². The average Bonchev–Trinajstić information content (AvgIpc) is 2.42. The third-order valence-corrected chi connectivity index (χ3v) is 4.04. The Bertz CT molecular complexity index is 553. The van der Waals surface area contributed by atoms with Crippen LogP contribution in [0.25, 0.3) is 0 Å². The Balaban J connectivity index is 2.50. The van der Waals surface area contributed by atoms with Crippen molar-refractivity contribution in [3.8, 4) is 5.75 Å². The molecular weight excluding hydrogens is 280 g/mol. The Hall–Kier alpha value is -1.55. The van der Waals surface area contributed by atoms with Gasteiger partial charge in [0.05, 0.1) is 25.2 Å². The van der Waals surface area contributed by atoms with Crippen LogP contribution in [0.1, 0.15) is 42.1 Å². The quantitative estimate of drug-likeness (QED) is 0.804. The number of ether oxygens (including phenoxy) is 2. The minimum absolute atomic E-state index is 0.129. The van der Waals surface area contributed by atoms with Gasteiger partial charge in [0.2, 0.25) is 0 Å². The lowest BCUT2D eigenvalue weighted by Gasteiger charge is -2.30. The second kappa shape index (κ2) is 5.83. The summed E-state index contributed by atoms with van der Waals surface area (Å²) in [5.74, 6) is -0.638. The minimum Gasteiger partial charge on any atom is -0.496 e. The van der Waals surface area contributed by atoms with Crippen molar-refractivity contribution >= 4 is 23.4 Å². The number of ketones is 1. The lowest BCUT2D eigenvalue weighted by atomic mass is 9.75. The second-order valence-corrected chi connectivity index (χ2v) is 5.22. The number of carbonyl (C=O) groups is 2. The van der Waals surface area contributed by atoms with Crippen LogP contribution in [0.5, 0.6) is 5.75 Å². The zero-order chi connectivity index (χ0) is 14.9. The first-order valence-corrected chi connectivity index (χ1v) is 6.95. The molecule has 0 saturated carbocycles. The SMILES string of the molecule is CCOC(=O)C1CC(=O)c2c(OC)ccc(Cl)c2C1C. The third kappa shape index (κ3) is 2.40. The summed E-state index contributed by atoms with van der Waals surface area (Å²) in [5.41, 5.74) is 1.17. The van der Waals surface area contributed by atoms with E-state index >= 15 is 0 Å². The average molecular weight is 297 g/mol. The van der Waals surface area contributed by atoms with E-state index in [9.17, 15) is 9.59 Å². The number of hydrogen-bond acceptors (Lipinski definition) is 4. The van der Waals surface area contributed by atoms with E-state index in [4.69, 9.17) is 21.1 Å². The molecule has 108 valence electrons. The van der Waals surface area contributed by atoms with E-state index in [-0.39, 0.29) is 24.1 Å². The van der Waals surface area contributed by atoms with Gasteiger partial charge in [-0.1, -0.05) is 18.5 Å². The van der Waals surface area contributed by atoms with Gasteiger partial charge in [-0.05, 0) is 30.5 Å². The lowest BCUT2D eigenvalue weighted by Crippen LogP contribution is -2.31. The summed E-state index contributed by atoms with van der Waals surface area (Å²) in [5, 5.41) is 0.482. The summed E-state index contributed by atoms with van der Waals surface area (Å²) >= 11 is 6.22. The van der Waals surface area contributed by atoms with E-state index in [2.05, 4.69) is 0 Å². The summed E-state index contributed by atoms with van der Waals surface area (Å²) < 4.78 is 10.3. The van der Waals surface area contributed by atoms with Crippen LogP contribution in [0.2, 0.25) is 5.02 Å². The topological polar surface area (TPSA) is 52.6 Å². The highest BCUT2D eigenvalue weighted by Gasteiger charge is 2.39. The molecule has 4 nitrogen and oxygen atoms in total. The molecule has 1 aliphatic rings. The highest BCUT2D eigenvalue weighted by molar-refractivity contribution is 6.32. The molecule has 0 fully saturated rings. The summed E-state index contributed by atoms with van der Waals surface area (Å²) in [6.07, 6.45) is 0.129. The number of benzene rings is 1. The maximum atomic E-state index is 12.3. The molecule has 2 atom stereocenters. The summed E-state index contributed by atoms with van der Waals surface area (Å²) in [7, 11) is 1.51. The van der Waals surface area contributed by atoms with Crippen LogP contribution in [0, 0.1) is 5.92 Å². The fourth-order valence-corrected chi connectivity index (χ4v) is 3.02. The van der Waals surface area contributed by atoms with Crippen molar-refractivity contribution in [2.24, 2.45) is 5.92 Å². The van der Waals surface area contributed by atoms with E-state index < -0.39 is 5.92 Å². The second-order valence-electron chi connectivity index (χ2n) is 4.81. The van der Waals surface area contributed by atoms with Crippen LogP contribution in [0.4, 0.5) is 0 Å². The first kappa shape index (κ1) is 14.9. The standard InChI is InChI=1S/C15H17ClO4/c1-4-20-15(18)9-7-11(17)14-12(19-3)6-5-10(16)13(14)8(9)2/h5-6,8-9H,4,7H2,1-3H3. The Kier molecular flexibility index (Phi) is 4.33. The zero-order valence-electron chi connectivity index (χ0n) is 11.7. The Morgan fingerprint density at radius 1 is 1.45 bits per heavy atom. The van der Waals surface area contributed by atoms with E-state index in [1.54, 1.807) is 19.1 Å². The van der Waals surface area contributed by atoms with E-state index in [1.807, 2.05) is 6.92 Å². The molecule has 0 N–H and O–H groups in total. The maximum absolute atomic E-state index is 12.3. The molecule has 1 aromatic carbocycles. The molecule has 20 heavy (non-hydrogen) atoms. The smallest absolute Gasteiger partial charge is 0.309 e. The number of hydrogen-bond donors (Lipinski definition) is 0. The highest BCUT2D eigenvalue weighted by atomic mass is 35.5. The number of rotatable bonds is 3. The molecule has 2 rings (SSSR count). The normalized spacial score (nSPS) is 21.3. The van der Waals surface area contributed by atoms with Gasteiger partial charge < -0.3 is 9.47 Å². The number of esters is 1. The van der Waals surface area contributed by atoms with E-state index in [0.29, 0.717) is 28.5 Å². The monoisotopic (exact) mass is 296 g/mol. The van der Waals surface area contributed by atoms with Crippen molar-refractivity contribution in [1.82, 2.24) is 0 Å². The first-order chi connectivity index (χ1) is 9.51. The molecule has 5 heteroatoms. The summed E-state index contributed by atoms with van der Waals surface area (Å²) in [6.45, 7) is 3.93. The van der Waals surface area contributed by atoms with Crippen LogP contribution < -0.4 is 4.74 Å². The number of carbonyl (C=O) groups excluding carboxylic acids is 2. The molecule has 0 saturated heterocycles. The third-order valence-electron chi connectivity index (χ3n) is 3.71. The van der Waals surface area contributed by atoms with Crippen LogP contribution in [0.3, 0.4) is 0 Å². The van der Waals surface area contributed by atoms with Crippen LogP contribution in [-0.2, 0) is 9.53 Å². The fourth-order valence-electron chi connectivity index (χ4n) is 2.69. The van der Waals surface area contributed by atoms with Gasteiger partial charge in [-0.15, -0.1) is 0 Å². The molecule has 0 radical (unpaired) electrons. The van der Waals surface area contributed by atoms with Gasteiger partial charge in [-0.25, -0.2) is 0 Å². The van der Waals surface area contributed by atoms with E-state index in [0.717, 1.165) is 0 Å². The predicted octanol–water partition coefficient (Wildman–Crippen LogP) is 3.22. The van der Waals surface area contributed by atoms with Crippen LogP contribution >= 0.6 is 11.6 Å². The molecule has 0 spiro atoms. The van der Waals surface area contributed by atoms with Crippen molar-refractivity contribution in [1.29, 1.82) is 0 Å². The summed E-state index contributed by atoms with van der Waals surface area (Å²) in [4.78, 5) is 24.3. The molecule has 1 aromatic rings. The molecule has 1 aliphatic carbocycles. The van der Waals surface area contributed by atoms with Gasteiger partial charge in [-0.2, -0.15) is 0 Å². The lowest BCUT2D eigenvalue weighted by molar-refractivity contribution is -0.148. The highest BCUT2D eigenvalue weighted by Crippen LogP contribution is 2.43. The molecule has 0 amide bonds. The number of Topliss-reactive ketones (excluding diaryl/α,β-unsaturated/α-hetero) is 1. The molecular formula is C15H17ClO4.